The highest BCUT2D eigenvalue weighted by Gasteiger charge is 2.36. The van der Waals surface area contributed by atoms with E-state index in [1.54, 1.807) is 7.11 Å². The van der Waals surface area contributed by atoms with Gasteiger partial charge in [0, 0.05) is 12.1 Å². The normalized spacial score (nSPS) is 25.9. The highest BCUT2D eigenvalue weighted by Crippen LogP contribution is 2.29. The van der Waals surface area contributed by atoms with Gasteiger partial charge in [-0.15, -0.1) is 0 Å². The Hall–Kier alpha value is -1.55. The Bertz CT molecular complexity index is 486. The summed E-state index contributed by atoms with van der Waals surface area (Å²) in [7, 11) is 1.62. The van der Waals surface area contributed by atoms with Crippen LogP contribution in [0.1, 0.15) is 36.0 Å². The van der Waals surface area contributed by atoms with Crippen LogP contribution in [0.3, 0.4) is 0 Å². The van der Waals surface area contributed by atoms with Crippen molar-refractivity contribution in [1.82, 2.24) is 4.90 Å². The van der Waals surface area contributed by atoms with Gasteiger partial charge in [-0.2, -0.15) is 0 Å². The van der Waals surface area contributed by atoms with Crippen molar-refractivity contribution in [2.24, 2.45) is 0 Å². The monoisotopic (exact) mass is 275 g/mol. The second-order valence-corrected chi connectivity index (χ2v) is 5.49. The summed E-state index contributed by atoms with van der Waals surface area (Å²) in [6.07, 6.45) is 4.76. The summed E-state index contributed by atoms with van der Waals surface area (Å²) in [5.74, 6) is 0.827. The van der Waals surface area contributed by atoms with Crippen molar-refractivity contribution < 1.29 is 14.3 Å². The number of fused-ring (bicyclic) bond motifs is 1. The number of rotatable bonds is 2. The van der Waals surface area contributed by atoms with Crippen LogP contribution in [0.4, 0.5) is 0 Å². The number of morpholine rings is 1. The van der Waals surface area contributed by atoms with E-state index in [2.05, 4.69) is 0 Å². The van der Waals surface area contributed by atoms with Gasteiger partial charge in [0.25, 0.3) is 5.91 Å². The van der Waals surface area contributed by atoms with Crippen LogP contribution in [0.25, 0.3) is 0 Å². The van der Waals surface area contributed by atoms with Gasteiger partial charge >= 0.3 is 0 Å². The molecule has 108 valence electrons. The zero-order valence-electron chi connectivity index (χ0n) is 11.9. The molecular formula is C16H21NO3. The molecule has 4 heteroatoms. The maximum absolute atomic E-state index is 12.7. The van der Waals surface area contributed by atoms with Crippen molar-refractivity contribution >= 4 is 5.91 Å². The highest BCUT2D eigenvalue weighted by atomic mass is 16.5. The van der Waals surface area contributed by atoms with Gasteiger partial charge in [-0.1, -0.05) is 18.9 Å². The summed E-state index contributed by atoms with van der Waals surface area (Å²) >= 11 is 0. The third kappa shape index (κ3) is 2.52. The first-order valence-corrected chi connectivity index (χ1v) is 7.36. The Morgan fingerprint density at radius 3 is 3.05 bits per heavy atom. The van der Waals surface area contributed by atoms with Crippen molar-refractivity contribution in [3.05, 3.63) is 29.8 Å². The van der Waals surface area contributed by atoms with Crippen molar-refractivity contribution in [2.75, 3.05) is 20.3 Å². The number of carbonyl (C=O) groups is 1. The summed E-state index contributed by atoms with van der Waals surface area (Å²) in [6.45, 7) is 1.34. The van der Waals surface area contributed by atoms with Crippen LogP contribution in [0.2, 0.25) is 0 Å². The van der Waals surface area contributed by atoms with E-state index >= 15 is 0 Å². The number of benzene rings is 1. The number of amides is 1. The second-order valence-electron chi connectivity index (χ2n) is 5.49. The number of carbonyl (C=O) groups excluding carboxylic acids is 1. The van der Waals surface area contributed by atoms with Crippen LogP contribution in [-0.4, -0.2) is 43.2 Å². The van der Waals surface area contributed by atoms with E-state index in [1.165, 1.54) is 12.8 Å². The summed E-state index contributed by atoms with van der Waals surface area (Å²) < 4.78 is 11.0. The Labute approximate surface area is 119 Å². The number of nitrogens with zero attached hydrogens (tertiary/aromatic N) is 1. The molecule has 1 aliphatic heterocycles. The van der Waals surface area contributed by atoms with Gasteiger partial charge in [-0.25, -0.2) is 0 Å². The fourth-order valence-corrected chi connectivity index (χ4v) is 3.27. The predicted octanol–water partition coefficient (Wildman–Crippen LogP) is 2.48. The van der Waals surface area contributed by atoms with E-state index in [0.717, 1.165) is 18.6 Å². The third-order valence-corrected chi connectivity index (χ3v) is 4.31. The van der Waals surface area contributed by atoms with E-state index < -0.39 is 0 Å². The number of hydrogen-bond acceptors (Lipinski definition) is 3. The van der Waals surface area contributed by atoms with Gasteiger partial charge in [-0.3, -0.25) is 4.79 Å². The Kier molecular flexibility index (Phi) is 3.92. The molecule has 0 radical (unpaired) electrons. The van der Waals surface area contributed by atoms with Crippen molar-refractivity contribution in [3.63, 3.8) is 0 Å². The zero-order chi connectivity index (χ0) is 13.9. The minimum Gasteiger partial charge on any atom is -0.497 e. The quantitative estimate of drug-likeness (QED) is 0.832. The van der Waals surface area contributed by atoms with Gasteiger partial charge in [-0.05, 0) is 31.0 Å². The fraction of sp³-hybridized carbons (Fsp3) is 0.562. The molecule has 0 unspecified atom stereocenters. The molecule has 20 heavy (non-hydrogen) atoms. The maximum atomic E-state index is 12.7. The molecular weight excluding hydrogens is 254 g/mol. The Balaban J connectivity index is 1.81. The van der Waals surface area contributed by atoms with E-state index in [-0.39, 0.29) is 18.1 Å². The SMILES string of the molecule is COc1cccc(C(=O)N2CCO[C@H]3CCCC[C@H]32)c1. The molecule has 1 amide bonds. The molecule has 1 heterocycles. The van der Waals surface area contributed by atoms with E-state index in [9.17, 15) is 4.79 Å². The Morgan fingerprint density at radius 1 is 1.35 bits per heavy atom. The molecule has 1 aromatic carbocycles. The van der Waals surface area contributed by atoms with E-state index in [1.807, 2.05) is 29.2 Å². The predicted molar refractivity (Wildman–Crippen MR) is 76.0 cm³/mol. The van der Waals surface area contributed by atoms with Gasteiger partial charge in [0.15, 0.2) is 0 Å². The van der Waals surface area contributed by atoms with Crippen LogP contribution in [0, 0.1) is 0 Å². The minimum absolute atomic E-state index is 0.101. The van der Waals surface area contributed by atoms with E-state index in [0.29, 0.717) is 18.7 Å². The summed E-state index contributed by atoms with van der Waals surface area (Å²) in [5.41, 5.74) is 0.704. The van der Waals surface area contributed by atoms with Crippen molar-refractivity contribution in [1.29, 1.82) is 0 Å². The topological polar surface area (TPSA) is 38.8 Å². The number of hydrogen-bond donors (Lipinski definition) is 0. The molecule has 1 aliphatic carbocycles. The average molecular weight is 275 g/mol. The number of methoxy groups -OCH3 is 1. The first-order valence-electron chi connectivity index (χ1n) is 7.36. The molecule has 4 nitrogen and oxygen atoms in total. The Morgan fingerprint density at radius 2 is 2.20 bits per heavy atom. The van der Waals surface area contributed by atoms with Crippen LogP contribution in [0.15, 0.2) is 24.3 Å². The van der Waals surface area contributed by atoms with Crippen molar-refractivity contribution in [3.8, 4) is 5.75 Å². The lowest BCUT2D eigenvalue weighted by atomic mass is 9.89. The fourth-order valence-electron chi connectivity index (χ4n) is 3.27. The van der Waals surface area contributed by atoms with Crippen molar-refractivity contribution in [2.45, 2.75) is 37.8 Å². The molecule has 0 aromatic heterocycles. The van der Waals surface area contributed by atoms with Gasteiger partial charge in [0.05, 0.1) is 25.9 Å². The summed E-state index contributed by atoms with van der Waals surface area (Å²) in [4.78, 5) is 14.7. The molecule has 0 N–H and O–H groups in total. The summed E-state index contributed by atoms with van der Waals surface area (Å²) in [6, 6.07) is 7.65. The molecule has 2 atom stereocenters. The molecule has 2 aliphatic rings. The molecule has 0 spiro atoms. The minimum atomic E-state index is 0.101. The molecule has 0 bridgehead atoms. The average Bonchev–Trinajstić information content (AvgIpc) is 2.53. The van der Waals surface area contributed by atoms with Crippen LogP contribution in [-0.2, 0) is 4.74 Å². The first kappa shape index (κ1) is 13.4. The van der Waals surface area contributed by atoms with Gasteiger partial charge in [0.1, 0.15) is 5.75 Å². The lowest BCUT2D eigenvalue weighted by molar-refractivity contribution is -0.0752. The maximum Gasteiger partial charge on any atom is 0.254 e. The molecule has 1 saturated carbocycles. The highest BCUT2D eigenvalue weighted by molar-refractivity contribution is 5.95. The number of ether oxygens (including phenoxy) is 2. The lowest BCUT2D eigenvalue weighted by Crippen LogP contribution is -2.54. The van der Waals surface area contributed by atoms with Gasteiger partial charge < -0.3 is 14.4 Å². The molecule has 2 fully saturated rings. The molecule has 1 aromatic rings. The van der Waals surface area contributed by atoms with Crippen LogP contribution < -0.4 is 4.74 Å². The summed E-state index contributed by atoms with van der Waals surface area (Å²) in [5, 5.41) is 0. The zero-order valence-corrected chi connectivity index (χ0v) is 11.9. The van der Waals surface area contributed by atoms with Crippen LogP contribution >= 0.6 is 0 Å². The first-order chi connectivity index (χ1) is 9.79. The smallest absolute Gasteiger partial charge is 0.254 e. The molecule has 1 saturated heterocycles. The van der Waals surface area contributed by atoms with E-state index in [4.69, 9.17) is 9.47 Å². The lowest BCUT2D eigenvalue weighted by Gasteiger charge is -2.43. The largest absolute Gasteiger partial charge is 0.497 e. The van der Waals surface area contributed by atoms with Crippen LogP contribution in [0.5, 0.6) is 5.75 Å². The standard InChI is InChI=1S/C16H21NO3/c1-19-13-6-4-5-12(11-13)16(18)17-9-10-20-15-8-3-2-7-14(15)17/h4-6,11,14-15H,2-3,7-10H2,1H3/t14-,15+/m1/s1. The second kappa shape index (κ2) is 5.83. The third-order valence-electron chi connectivity index (χ3n) is 4.31. The van der Waals surface area contributed by atoms with Gasteiger partial charge in [0.2, 0.25) is 0 Å². The molecule has 3 rings (SSSR count).